The molecule has 0 aromatic carbocycles. The summed E-state index contributed by atoms with van der Waals surface area (Å²) in [6, 6.07) is 0.711. The summed E-state index contributed by atoms with van der Waals surface area (Å²) in [5.41, 5.74) is 0. The van der Waals surface area contributed by atoms with Gasteiger partial charge in [0.15, 0.2) is 0 Å². The van der Waals surface area contributed by atoms with Gasteiger partial charge < -0.3 is 5.32 Å². The molecule has 0 atom stereocenters. The highest BCUT2D eigenvalue weighted by Gasteiger charge is 2.21. The number of unbranched alkanes of at least 4 members (excludes halogenated alkanes) is 1. The molecule has 2 N–H and O–H groups in total. The maximum absolute atomic E-state index is 12.0. The Balaban J connectivity index is 2.18. The van der Waals surface area contributed by atoms with Crippen molar-refractivity contribution >= 4 is 10.0 Å². The van der Waals surface area contributed by atoms with Crippen LogP contribution in [0.5, 0.6) is 0 Å². The predicted octanol–water partition coefficient (Wildman–Crippen LogP) is 2.37. The van der Waals surface area contributed by atoms with Gasteiger partial charge in [0.2, 0.25) is 10.0 Å². The summed E-state index contributed by atoms with van der Waals surface area (Å²) in [5, 5.41) is 3.41. The van der Waals surface area contributed by atoms with Gasteiger partial charge in [-0.05, 0) is 50.0 Å². The maximum atomic E-state index is 12.0. The molecule has 1 aliphatic carbocycles. The van der Waals surface area contributed by atoms with Crippen molar-refractivity contribution in [2.45, 2.75) is 59.4 Å². The Morgan fingerprint density at radius 3 is 2.15 bits per heavy atom. The lowest BCUT2D eigenvalue weighted by Crippen LogP contribution is -2.35. The largest absolute Gasteiger partial charge is 0.314 e. The lowest BCUT2D eigenvalue weighted by molar-refractivity contribution is 0.289. The SMILES string of the molecule is CC(C)C(CNS(=O)(=O)CCCCNC1CC1)C(C)C. The molecule has 0 aromatic heterocycles. The molecule has 0 aliphatic heterocycles. The molecule has 0 bridgehead atoms. The Bertz CT molecular complexity index is 354. The molecule has 1 saturated carbocycles. The second-order valence-corrected chi connectivity index (χ2v) is 8.68. The number of hydrogen-bond acceptors (Lipinski definition) is 3. The van der Waals surface area contributed by atoms with E-state index in [1.165, 1.54) is 12.8 Å². The summed E-state index contributed by atoms with van der Waals surface area (Å²) in [7, 11) is -3.11. The van der Waals surface area contributed by atoms with E-state index in [2.05, 4.69) is 37.7 Å². The average Bonchev–Trinajstić information content (AvgIpc) is 3.11. The lowest BCUT2D eigenvalue weighted by atomic mass is 9.86. The molecule has 20 heavy (non-hydrogen) atoms. The van der Waals surface area contributed by atoms with Crippen molar-refractivity contribution in [2.24, 2.45) is 17.8 Å². The van der Waals surface area contributed by atoms with Gasteiger partial charge in [0.1, 0.15) is 0 Å². The molecule has 0 saturated heterocycles. The van der Waals surface area contributed by atoms with E-state index in [1.807, 2.05) is 0 Å². The van der Waals surface area contributed by atoms with Crippen molar-refractivity contribution in [1.82, 2.24) is 10.0 Å². The average molecular weight is 305 g/mol. The minimum Gasteiger partial charge on any atom is -0.314 e. The highest BCUT2D eigenvalue weighted by molar-refractivity contribution is 7.89. The fraction of sp³-hybridized carbons (Fsp3) is 1.00. The van der Waals surface area contributed by atoms with Crippen LogP contribution in [0.25, 0.3) is 0 Å². The molecule has 0 heterocycles. The van der Waals surface area contributed by atoms with Gasteiger partial charge in [0.05, 0.1) is 5.75 Å². The van der Waals surface area contributed by atoms with Gasteiger partial charge in [-0.15, -0.1) is 0 Å². The van der Waals surface area contributed by atoms with E-state index < -0.39 is 10.0 Å². The second-order valence-electron chi connectivity index (χ2n) is 6.75. The molecule has 1 aliphatic rings. The van der Waals surface area contributed by atoms with Crippen LogP contribution in [-0.4, -0.2) is 33.3 Å². The van der Waals surface area contributed by atoms with Gasteiger partial charge in [0.25, 0.3) is 0 Å². The van der Waals surface area contributed by atoms with Crippen LogP contribution in [-0.2, 0) is 10.0 Å². The van der Waals surface area contributed by atoms with Crippen LogP contribution < -0.4 is 10.0 Å². The molecular formula is C15H32N2O2S. The van der Waals surface area contributed by atoms with Crippen LogP contribution in [0.1, 0.15) is 53.4 Å². The summed E-state index contributed by atoms with van der Waals surface area (Å²) in [6.45, 7) is 10.1. The zero-order chi connectivity index (χ0) is 15.2. The maximum Gasteiger partial charge on any atom is 0.211 e. The van der Waals surface area contributed by atoms with Crippen molar-refractivity contribution < 1.29 is 8.42 Å². The van der Waals surface area contributed by atoms with Gasteiger partial charge >= 0.3 is 0 Å². The van der Waals surface area contributed by atoms with E-state index >= 15 is 0 Å². The normalized spacial score (nSPS) is 16.6. The Morgan fingerprint density at radius 2 is 1.65 bits per heavy atom. The third kappa shape index (κ3) is 7.60. The molecule has 1 fully saturated rings. The van der Waals surface area contributed by atoms with E-state index in [0.29, 0.717) is 30.3 Å². The van der Waals surface area contributed by atoms with Crippen molar-refractivity contribution in [3.05, 3.63) is 0 Å². The van der Waals surface area contributed by atoms with Crippen molar-refractivity contribution in [3.8, 4) is 0 Å². The first kappa shape index (κ1) is 17.9. The zero-order valence-corrected chi connectivity index (χ0v) is 14.3. The quantitative estimate of drug-likeness (QED) is 0.576. The number of nitrogens with one attached hydrogen (secondary N) is 2. The molecule has 0 radical (unpaired) electrons. The van der Waals surface area contributed by atoms with Crippen LogP contribution in [0.4, 0.5) is 0 Å². The predicted molar refractivity (Wildman–Crippen MR) is 85.2 cm³/mol. The van der Waals surface area contributed by atoms with Crippen LogP contribution >= 0.6 is 0 Å². The highest BCUT2D eigenvalue weighted by atomic mass is 32.2. The molecule has 1 rings (SSSR count). The molecule has 0 amide bonds. The fourth-order valence-corrected chi connectivity index (χ4v) is 3.72. The van der Waals surface area contributed by atoms with Gasteiger partial charge in [-0.25, -0.2) is 13.1 Å². The Hall–Kier alpha value is -0.130. The summed E-state index contributed by atoms with van der Waals surface area (Å²) >= 11 is 0. The number of rotatable bonds is 11. The third-order valence-electron chi connectivity index (χ3n) is 4.10. The topological polar surface area (TPSA) is 58.2 Å². The molecule has 0 spiro atoms. The fourth-order valence-electron chi connectivity index (χ4n) is 2.55. The van der Waals surface area contributed by atoms with Crippen LogP contribution in [0.3, 0.4) is 0 Å². The second kappa shape index (κ2) is 8.35. The minimum atomic E-state index is -3.11. The smallest absolute Gasteiger partial charge is 0.211 e. The minimum absolute atomic E-state index is 0.252. The molecule has 5 heteroatoms. The van der Waals surface area contributed by atoms with Gasteiger partial charge in [-0.1, -0.05) is 27.7 Å². The standard InChI is InChI=1S/C15H32N2O2S/c1-12(2)15(13(3)4)11-17-20(18,19)10-6-5-9-16-14-7-8-14/h12-17H,5-11H2,1-4H3. The molecule has 4 nitrogen and oxygen atoms in total. The summed E-state index contributed by atoms with van der Waals surface area (Å²) in [5.74, 6) is 1.66. The van der Waals surface area contributed by atoms with Crippen molar-refractivity contribution in [2.75, 3.05) is 18.8 Å². The first-order valence-corrected chi connectivity index (χ1v) is 9.67. The molecule has 0 aromatic rings. The van der Waals surface area contributed by atoms with E-state index in [1.54, 1.807) is 0 Å². The van der Waals surface area contributed by atoms with Crippen molar-refractivity contribution in [3.63, 3.8) is 0 Å². The summed E-state index contributed by atoms with van der Waals surface area (Å²) < 4.78 is 26.7. The Kier molecular flexibility index (Phi) is 7.48. The highest BCUT2D eigenvalue weighted by Crippen LogP contribution is 2.20. The molecular weight excluding hydrogens is 272 g/mol. The Labute approximate surface area is 125 Å². The van der Waals surface area contributed by atoms with E-state index in [9.17, 15) is 8.42 Å². The molecule has 120 valence electrons. The van der Waals surface area contributed by atoms with Crippen LogP contribution in [0.15, 0.2) is 0 Å². The van der Waals surface area contributed by atoms with Gasteiger partial charge in [0, 0.05) is 12.6 Å². The van der Waals surface area contributed by atoms with Gasteiger partial charge in [-0.2, -0.15) is 0 Å². The van der Waals surface area contributed by atoms with E-state index in [4.69, 9.17) is 0 Å². The monoisotopic (exact) mass is 304 g/mol. The first-order valence-electron chi connectivity index (χ1n) is 8.02. The first-order chi connectivity index (χ1) is 9.32. The number of hydrogen-bond donors (Lipinski definition) is 2. The zero-order valence-electron chi connectivity index (χ0n) is 13.5. The number of sulfonamides is 1. The van der Waals surface area contributed by atoms with Gasteiger partial charge in [-0.3, -0.25) is 0 Å². The van der Waals surface area contributed by atoms with Crippen LogP contribution in [0, 0.1) is 17.8 Å². The summed E-state index contributed by atoms with van der Waals surface area (Å²) in [6.07, 6.45) is 4.25. The Morgan fingerprint density at radius 1 is 1.05 bits per heavy atom. The van der Waals surface area contributed by atoms with Crippen LogP contribution in [0.2, 0.25) is 0 Å². The van der Waals surface area contributed by atoms with E-state index in [0.717, 1.165) is 19.4 Å². The summed E-state index contributed by atoms with van der Waals surface area (Å²) in [4.78, 5) is 0. The van der Waals surface area contributed by atoms with E-state index in [-0.39, 0.29) is 5.75 Å². The third-order valence-corrected chi connectivity index (χ3v) is 5.53. The lowest BCUT2D eigenvalue weighted by Gasteiger charge is -2.25. The van der Waals surface area contributed by atoms with Crippen molar-refractivity contribution in [1.29, 1.82) is 0 Å². The molecule has 0 unspecified atom stereocenters.